The number of anilines is 4. The molecule has 0 fully saturated rings. The first kappa shape index (κ1) is 44.8. The maximum atomic E-state index is 12.3. The fourth-order valence-electron chi connectivity index (χ4n) is 5.86. The molecule has 0 amide bonds. The molecule has 6 aromatic rings. The van der Waals surface area contributed by atoms with Crippen molar-refractivity contribution in [1.29, 1.82) is 5.26 Å². The molecule has 0 spiro atoms. The lowest BCUT2D eigenvalue weighted by molar-refractivity contribution is 0.416. The number of fused-ring (bicyclic) bond motifs is 1. The first-order valence-corrected chi connectivity index (χ1v) is 22.9. The van der Waals surface area contributed by atoms with Gasteiger partial charge in [-0.1, -0.05) is 12.1 Å². The lowest BCUT2D eigenvalue weighted by Gasteiger charge is -2.16. The smallest absolute Gasteiger partial charge is 0.295 e. The molecule has 0 aliphatic heterocycles. The maximum Gasteiger partial charge on any atom is 0.295 e. The predicted octanol–water partition coefficient (Wildman–Crippen LogP) is 8.04. The van der Waals surface area contributed by atoms with Gasteiger partial charge in [0.15, 0.2) is 11.6 Å². The van der Waals surface area contributed by atoms with Gasteiger partial charge in [0.05, 0.1) is 33.8 Å². The molecular formula is C37H30N8O13S4. The molecule has 21 nitrogen and oxygen atoms in total. The van der Waals surface area contributed by atoms with Crippen LogP contribution in [0.4, 0.5) is 45.8 Å². The number of hydrogen-bond donors (Lipinski definition) is 6. The first-order chi connectivity index (χ1) is 29.0. The fourth-order valence-corrected chi connectivity index (χ4v) is 8.24. The number of pyridine rings is 1. The molecule has 1 heterocycles. The Morgan fingerprint density at radius 1 is 0.613 bits per heavy atom. The predicted molar refractivity (Wildman–Crippen MR) is 222 cm³/mol. The fraction of sp³-hybridized carbons (Fsp3) is 0.0811. The van der Waals surface area contributed by atoms with Gasteiger partial charge in [0.2, 0.25) is 0 Å². The van der Waals surface area contributed by atoms with Crippen molar-refractivity contribution in [2.75, 3.05) is 17.7 Å². The van der Waals surface area contributed by atoms with Crippen molar-refractivity contribution in [1.82, 2.24) is 4.98 Å². The summed E-state index contributed by atoms with van der Waals surface area (Å²) in [4.78, 5) is 2.45. The molecule has 0 bridgehead atoms. The van der Waals surface area contributed by atoms with Gasteiger partial charge in [0.25, 0.3) is 40.5 Å². The molecular weight excluding hydrogens is 893 g/mol. The van der Waals surface area contributed by atoms with E-state index in [9.17, 15) is 57.1 Å². The maximum absolute atomic E-state index is 12.3. The van der Waals surface area contributed by atoms with Crippen LogP contribution in [0.1, 0.15) is 16.7 Å². The Bertz CT molecular complexity index is 3360. The monoisotopic (exact) mass is 922 g/mol. The summed E-state index contributed by atoms with van der Waals surface area (Å²) in [5.41, 5.74) is 1.28. The van der Waals surface area contributed by atoms with E-state index in [2.05, 4.69) is 42.1 Å². The van der Waals surface area contributed by atoms with Crippen LogP contribution in [-0.4, -0.2) is 64.0 Å². The highest BCUT2D eigenvalue weighted by Crippen LogP contribution is 2.41. The number of aryl methyl sites for hydroxylation is 1. The van der Waals surface area contributed by atoms with Gasteiger partial charge in [0, 0.05) is 33.8 Å². The molecule has 62 heavy (non-hydrogen) atoms. The van der Waals surface area contributed by atoms with Crippen molar-refractivity contribution in [3.05, 3.63) is 108 Å². The molecule has 0 radical (unpaired) electrons. The number of nitriles is 1. The van der Waals surface area contributed by atoms with Gasteiger partial charge >= 0.3 is 0 Å². The van der Waals surface area contributed by atoms with Gasteiger partial charge < -0.3 is 15.4 Å². The molecule has 0 atom stereocenters. The number of rotatable bonds is 13. The molecule has 6 N–H and O–H groups in total. The van der Waals surface area contributed by atoms with Gasteiger partial charge in [-0.15, -0.1) is 10.2 Å². The number of nitrogens with zero attached hydrogens (tertiary/aromatic N) is 6. The average molecular weight is 923 g/mol. The number of nitrogens with one attached hydrogen (secondary N) is 2. The Labute approximate surface area is 353 Å². The Kier molecular flexibility index (Phi) is 12.2. The van der Waals surface area contributed by atoms with Gasteiger partial charge in [-0.25, -0.2) is 4.98 Å². The van der Waals surface area contributed by atoms with E-state index in [1.54, 1.807) is 13.8 Å². The number of aromatic nitrogens is 1. The van der Waals surface area contributed by atoms with E-state index >= 15 is 0 Å². The summed E-state index contributed by atoms with van der Waals surface area (Å²) in [6.07, 6.45) is 0. The Balaban J connectivity index is 1.41. The summed E-state index contributed by atoms with van der Waals surface area (Å²) >= 11 is 0. The van der Waals surface area contributed by atoms with Gasteiger partial charge in [0.1, 0.15) is 33.0 Å². The standard InChI is InChI=1S/C37H30N8O13S4/c1-20-15-31(32(58-3)18-30(20)43-42-24-16-28-27(34(17-24)62(55,56)57)5-4-6-33(28)61(52,53)54)44-45-35-21(2)29(19-38)36(39-22-7-11-25(12-8-22)59(46,47)48)41-37(35)40-23-9-13-26(14-10-23)60(49,50)51/h4-18H,1-3H3,(H2,39,40,41)(H,46,47,48)(H,49,50,51)(H,52,53,54)(H,55,56,57)/b43-42+,45-44+. The molecule has 0 saturated heterocycles. The van der Waals surface area contributed by atoms with E-state index in [1.165, 1.54) is 55.6 Å². The summed E-state index contributed by atoms with van der Waals surface area (Å²) in [7, 11) is -17.5. The minimum absolute atomic E-state index is 0.0141. The van der Waals surface area contributed by atoms with Crippen molar-refractivity contribution < 1.29 is 56.6 Å². The van der Waals surface area contributed by atoms with Crippen LogP contribution in [0.2, 0.25) is 0 Å². The van der Waals surface area contributed by atoms with E-state index < -0.39 is 50.3 Å². The molecule has 6 rings (SSSR count). The SMILES string of the molecule is COc1cc(/N=N/c2cc(S(=O)(=O)O)c3cccc(S(=O)(=O)O)c3c2)c(C)cc1/N=N/c1c(Nc2ccc(S(=O)(=O)O)cc2)nc(Nc2ccc(S(=O)(=O)O)cc2)c(C#N)c1C. The van der Waals surface area contributed by atoms with Crippen LogP contribution < -0.4 is 15.4 Å². The van der Waals surface area contributed by atoms with Crippen LogP contribution >= 0.6 is 0 Å². The highest BCUT2D eigenvalue weighted by molar-refractivity contribution is 7.86. The first-order valence-electron chi connectivity index (χ1n) is 17.2. The Hall–Kier alpha value is -6.76. The quantitative estimate of drug-likeness (QED) is 0.0471. The van der Waals surface area contributed by atoms with Crippen LogP contribution in [0.5, 0.6) is 5.75 Å². The van der Waals surface area contributed by atoms with Crippen molar-refractivity contribution in [2.45, 2.75) is 33.4 Å². The lowest BCUT2D eigenvalue weighted by Crippen LogP contribution is -2.05. The molecule has 0 aliphatic carbocycles. The van der Waals surface area contributed by atoms with E-state index in [1.807, 2.05) is 0 Å². The molecule has 1 aromatic heterocycles. The topological polar surface area (TPSA) is 337 Å². The third kappa shape index (κ3) is 9.88. The number of azo groups is 2. The molecule has 0 saturated carbocycles. The zero-order valence-corrected chi connectivity index (χ0v) is 35.2. The summed E-state index contributed by atoms with van der Waals surface area (Å²) in [6.45, 7) is 3.15. The molecule has 320 valence electrons. The van der Waals surface area contributed by atoms with E-state index in [0.29, 0.717) is 5.56 Å². The van der Waals surface area contributed by atoms with Crippen LogP contribution in [0, 0.1) is 25.2 Å². The Morgan fingerprint density at radius 3 is 1.68 bits per heavy atom. The number of ether oxygens (including phenoxy) is 1. The van der Waals surface area contributed by atoms with E-state index in [4.69, 9.17) is 4.74 Å². The lowest BCUT2D eigenvalue weighted by atomic mass is 10.1. The van der Waals surface area contributed by atoms with Crippen LogP contribution in [-0.2, 0) is 40.5 Å². The third-order valence-electron chi connectivity index (χ3n) is 8.84. The van der Waals surface area contributed by atoms with E-state index in [0.717, 1.165) is 42.5 Å². The highest BCUT2D eigenvalue weighted by Gasteiger charge is 2.23. The number of benzene rings is 5. The van der Waals surface area contributed by atoms with Crippen LogP contribution in [0.3, 0.4) is 0 Å². The second kappa shape index (κ2) is 16.9. The second-order valence-corrected chi connectivity index (χ2v) is 18.6. The van der Waals surface area contributed by atoms with Crippen molar-refractivity contribution in [3.8, 4) is 11.8 Å². The van der Waals surface area contributed by atoms with Gasteiger partial charge in [-0.2, -0.15) is 49.2 Å². The van der Waals surface area contributed by atoms with E-state index in [-0.39, 0.29) is 83.2 Å². The molecule has 0 unspecified atom stereocenters. The van der Waals surface area contributed by atoms with Gasteiger partial charge in [-0.3, -0.25) is 18.2 Å². The molecule has 0 aliphatic rings. The summed E-state index contributed by atoms with van der Waals surface area (Å²) in [5, 5.41) is 32.7. The summed E-state index contributed by atoms with van der Waals surface area (Å²) in [6, 6.07) is 20.4. The van der Waals surface area contributed by atoms with Crippen LogP contribution in [0.25, 0.3) is 10.8 Å². The van der Waals surface area contributed by atoms with Crippen molar-refractivity contribution >= 4 is 97.0 Å². The summed E-state index contributed by atoms with van der Waals surface area (Å²) < 4.78 is 139. The van der Waals surface area contributed by atoms with Crippen molar-refractivity contribution in [2.24, 2.45) is 20.5 Å². The molecule has 5 aromatic carbocycles. The zero-order chi connectivity index (χ0) is 45.4. The third-order valence-corrected chi connectivity index (χ3v) is 12.4. The second-order valence-electron chi connectivity index (χ2n) is 13.0. The summed E-state index contributed by atoms with van der Waals surface area (Å²) in [5.74, 6) is 0.0556. The number of methoxy groups -OCH3 is 1. The van der Waals surface area contributed by atoms with Crippen LogP contribution in [0.15, 0.2) is 131 Å². The average Bonchev–Trinajstić information content (AvgIpc) is 3.19. The largest absolute Gasteiger partial charge is 0.494 e. The van der Waals surface area contributed by atoms with Crippen molar-refractivity contribution in [3.63, 3.8) is 0 Å². The Morgan fingerprint density at radius 2 is 1.16 bits per heavy atom. The minimum atomic E-state index is -4.92. The van der Waals surface area contributed by atoms with Gasteiger partial charge in [-0.05, 0) is 92.2 Å². The highest BCUT2D eigenvalue weighted by atomic mass is 32.2. The minimum Gasteiger partial charge on any atom is -0.494 e. The zero-order valence-electron chi connectivity index (χ0n) is 31.9. The number of hydrogen-bond acceptors (Lipinski definition) is 17. The normalized spacial score (nSPS) is 12.5. The molecule has 25 heteroatoms.